The molecule has 1 atom stereocenters. The second-order valence-corrected chi connectivity index (χ2v) is 4.09. The standard InChI is InChI=1S/C10H18N4/c1-8-12-10(14-13-8)5-4-9-3-2-6-11-7-9/h9,11H,2-7H2,1H3,(H,12,13,14). The zero-order chi connectivity index (χ0) is 9.80. The van der Waals surface area contributed by atoms with Crippen LogP contribution in [-0.2, 0) is 6.42 Å². The first-order valence-corrected chi connectivity index (χ1v) is 5.43. The van der Waals surface area contributed by atoms with Crippen LogP contribution >= 0.6 is 0 Å². The highest BCUT2D eigenvalue weighted by Gasteiger charge is 2.13. The van der Waals surface area contributed by atoms with Crippen molar-refractivity contribution >= 4 is 0 Å². The summed E-state index contributed by atoms with van der Waals surface area (Å²) in [6.45, 7) is 4.30. The second-order valence-electron chi connectivity index (χ2n) is 4.09. The molecule has 1 fully saturated rings. The van der Waals surface area contributed by atoms with E-state index < -0.39 is 0 Å². The van der Waals surface area contributed by atoms with Crippen molar-refractivity contribution in [3.63, 3.8) is 0 Å². The third-order valence-electron chi connectivity index (χ3n) is 2.82. The van der Waals surface area contributed by atoms with Gasteiger partial charge in [0.1, 0.15) is 5.82 Å². The maximum absolute atomic E-state index is 4.31. The molecule has 0 aromatic carbocycles. The Hall–Kier alpha value is -0.900. The molecule has 1 aromatic heterocycles. The molecular formula is C10H18N4. The number of piperidine rings is 1. The first-order chi connectivity index (χ1) is 6.84. The van der Waals surface area contributed by atoms with Gasteiger partial charge < -0.3 is 5.32 Å². The summed E-state index contributed by atoms with van der Waals surface area (Å²) in [5.41, 5.74) is 0. The van der Waals surface area contributed by atoms with E-state index >= 15 is 0 Å². The molecule has 1 aromatic rings. The van der Waals surface area contributed by atoms with Crippen LogP contribution in [0.1, 0.15) is 30.9 Å². The lowest BCUT2D eigenvalue weighted by Gasteiger charge is -2.21. The fraction of sp³-hybridized carbons (Fsp3) is 0.800. The van der Waals surface area contributed by atoms with E-state index in [2.05, 4.69) is 20.5 Å². The average molecular weight is 194 g/mol. The number of H-pyrrole nitrogens is 1. The molecule has 0 bridgehead atoms. The molecule has 14 heavy (non-hydrogen) atoms. The molecule has 0 radical (unpaired) electrons. The lowest BCUT2D eigenvalue weighted by atomic mass is 9.95. The van der Waals surface area contributed by atoms with Gasteiger partial charge in [-0.3, -0.25) is 5.10 Å². The Labute approximate surface area is 84.5 Å². The molecule has 2 rings (SSSR count). The summed E-state index contributed by atoms with van der Waals surface area (Å²) < 4.78 is 0. The van der Waals surface area contributed by atoms with Crippen molar-refractivity contribution in [3.8, 4) is 0 Å². The van der Waals surface area contributed by atoms with Gasteiger partial charge in [0.2, 0.25) is 0 Å². The average Bonchev–Trinajstić information content (AvgIpc) is 2.63. The van der Waals surface area contributed by atoms with E-state index in [9.17, 15) is 0 Å². The number of aryl methyl sites for hydroxylation is 2. The first-order valence-electron chi connectivity index (χ1n) is 5.43. The van der Waals surface area contributed by atoms with Crippen molar-refractivity contribution in [2.24, 2.45) is 5.92 Å². The molecular weight excluding hydrogens is 176 g/mol. The minimum Gasteiger partial charge on any atom is -0.316 e. The molecule has 1 aliphatic heterocycles. The van der Waals surface area contributed by atoms with Gasteiger partial charge in [0.15, 0.2) is 5.82 Å². The number of aromatic nitrogens is 3. The third-order valence-corrected chi connectivity index (χ3v) is 2.82. The van der Waals surface area contributed by atoms with Gasteiger partial charge in [0.05, 0.1) is 0 Å². The van der Waals surface area contributed by atoms with Gasteiger partial charge in [-0.05, 0) is 45.2 Å². The highest BCUT2D eigenvalue weighted by molar-refractivity contribution is 4.88. The van der Waals surface area contributed by atoms with Crippen LogP contribution < -0.4 is 5.32 Å². The Morgan fingerprint density at radius 2 is 2.43 bits per heavy atom. The lowest BCUT2D eigenvalue weighted by Crippen LogP contribution is -2.30. The topological polar surface area (TPSA) is 53.6 Å². The van der Waals surface area contributed by atoms with Gasteiger partial charge in [0.25, 0.3) is 0 Å². The lowest BCUT2D eigenvalue weighted by molar-refractivity contribution is 0.356. The van der Waals surface area contributed by atoms with Crippen LogP contribution in [0.25, 0.3) is 0 Å². The smallest absolute Gasteiger partial charge is 0.150 e. The van der Waals surface area contributed by atoms with Crippen LogP contribution in [0, 0.1) is 12.8 Å². The van der Waals surface area contributed by atoms with Crippen molar-refractivity contribution < 1.29 is 0 Å². The van der Waals surface area contributed by atoms with Gasteiger partial charge in [-0.25, -0.2) is 4.98 Å². The van der Waals surface area contributed by atoms with E-state index in [1.165, 1.54) is 32.4 Å². The van der Waals surface area contributed by atoms with Crippen molar-refractivity contribution in [3.05, 3.63) is 11.6 Å². The van der Waals surface area contributed by atoms with E-state index in [0.717, 1.165) is 24.0 Å². The molecule has 1 aliphatic rings. The molecule has 2 N–H and O–H groups in total. The number of aromatic amines is 1. The largest absolute Gasteiger partial charge is 0.316 e. The molecule has 1 saturated heterocycles. The second kappa shape index (κ2) is 4.55. The van der Waals surface area contributed by atoms with Gasteiger partial charge in [-0.15, -0.1) is 0 Å². The predicted octanol–water partition coefficient (Wildman–Crippen LogP) is 1.05. The summed E-state index contributed by atoms with van der Waals surface area (Å²) in [7, 11) is 0. The van der Waals surface area contributed by atoms with Gasteiger partial charge in [0, 0.05) is 6.42 Å². The molecule has 1 unspecified atom stereocenters. The van der Waals surface area contributed by atoms with E-state index in [4.69, 9.17) is 0 Å². The Morgan fingerprint density at radius 1 is 1.50 bits per heavy atom. The minimum absolute atomic E-state index is 0.822. The predicted molar refractivity (Wildman–Crippen MR) is 55.0 cm³/mol. The van der Waals surface area contributed by atoms with E-state index in [0.29, 0.717) is 0 Å². The number of nitrogens with one attached hydrogen (secondary N) is 2. The maximum Gasteiger partial charge on any atom is 0.150 e. The Bertz CT molecular complexity index is 275. The summed E-state index contributed by atoms with van der Waals surface area (Å²) >= 11 is 0. The zero-order valence-corrected chi connectivity index (χ0v) is 8.71. The van der Waals surface area contributed by atoms with Crippen LogP contribution in [0.15, 0.2) is 0 Å². The van der Waals surface area contributed by atoms with Crippen LogP contribution in [0.4, 0.5) is 0 Å². The molecule has 4 nitrogen and oxygen atoms in total. The highest BCUT2D eigenvalue weighted by atomic mass is 15.2. The minimum atomic E-state index is 0.822. The molecule has 4 heteroatoms. The van der Waals surface area contributed by atoms with Gasteiger partial charge in [-0.1, -0.05) is 0 Å². The Balaban J connectivity index is 1.76. The number of rotatable bonds is 3. The summed E-state index contributed by atoms with van der Waals surface area (Å²) in [6.07, 6.45) is 4.90. The third kappa shape index (κ3) is 2.54. The summed E-state index contributed by atoms with van der Waals surface area (Å²) in [6, 6.07) is 0. The van der Waals surface area contributed by atoms with Gasteiger partial charge in [-0.2, -0.15) is 5.10 Å². The van der Waals surface area contributed by atoms with Crippen LogP contribution in [0.3, 0.4) is 0 Å². The normalized spacial score (nSPS) is 22.5. The van der Waals surface area contributed by atoms with Crippen molar-refractivity contribution in [2.75, 3.05) is 13.1 Å². The fourth-order valence-electron chi connectivity index (χ4n) is 2.00. The summed E-state index contributed by atoms with van der Waals surface area (Å²) in [4.78, 5) is 4.31. The number of hydrogen-bond donors (Lipinski definition) is 2. The quantitative estimate of drug-likeness (QED) is 0.756. The van der Waals surface area contributed by atoms with Crippen LogP contribution in [0.5, 0.6) is 0 Å². The molecule has 0 spiro atoms. The molecule has 0 aliphatic carbocycles. The highest BCUT2D eigenvalue weighted by Crippen LogP contribution is 2.15. The molecule has 0 saturated carbocycles. The van der Waals surface area contributed by atoms with E-state index in [1.807, 2.05) is 6.92 Å². The van der Waals surface area contributed by atoms with E-state index in [-0.39, 0.29) is 0 Å². The first kappa shape index (κ1) is 9.65. The summed E-state index contributed by atoms with van der Waals surface area (Å²) in [5, 5.41) is 10.5. The molecule has 2 heterocycles. The molecule has 78 valence electrons. The van der Waals surface area contributed by atoms with Crippen LogP contribution in [0.2, 0.25) is 0 Å². The fourth-order valence-corrected chi connectivity index (χ4v) is 2.00. The van der Waals surface area contributed by atoms with Crippen molar-refractivity contribution in [1.82, 2.24) is 20.5 Å². The Kier molecular flexibility index (Phi) is 3.14. The van der Waals surface area contributed by atoms with Crippen molar-refractivity contribution in [1.29, 1.82) is 0 Å². The number of hydrogen-bond acceptors (Lipinski definition) is 3. The Morgan fingerprint density at radius 3 is 3.07 bits per heavy atom. The van der Waals surface area contributed by atoms with Crippen LogP contribution in [-0.4, -0.2) is 28.3 Å². The summed E-state index contributed by atoms with van der Waals surface area (Å²) in [5.74, 6) is 2.71. The number of nitrogens with zero attached hydrogens (tertiary/aromatic N) is 2. The zero-order valence-electron chi connectivity index (χ0n) is 8.71. The molecule has 0 amide bonds. The monoisotopic (exact) mass is 194 g/mol. The van der Waals surface area contributed by atoms with E-state index in [1.54, 1.807) is 0 Å². The van der Waals surface area contributed by atoms with Gasteiger partial charge >= 0.3 is 0 Å². The SMILES string of the molecule is Cc1nc(CCC2CCCNC2)n[nH]1. The van der Waals surface area contributed by atoms with Crippen molar-refractivity contribution in [2.45, 2.75) is 32.6 Å². The maximum atomic E-state index is 4.31.